The van der Waals surface area contributed by atoms with Gasteiger partial charge in [-0.2, -0.15) is 0 Å². The van der Waals surface area contributed by atoms with Gasteiger partial charge in [0.05, 0.1) is 35.8 Å². The summed E-state index contributed by atoms with van der Waals surface area (Å²) in [5, 5.41) is 28.4. The van der Waals surface area contributed by atoms with Crippen molar-refractivity contribution in [2.75, 3.05) is 72.7 Å². The third-order valence-corrected chi connectivity index (χ3v) is 11.0. The summed E-state index contributed by atoms with van der Waals surface area (Å²) in [6, 6.07) is 0. The Balaban J connectivity index is -0.000000414. The van der Waals surface area contributed by atoms with E-state index in [1.54, 1.807) is 13.8 Å². The zero-order valence-corrected chi connectivity index (χ0v) is 40.2. The molecule has 0 atom stereocenters. The summed E-state index contributed by atoms with van der Waals surface area (Å²) in [4.78, 5) is 26.7. The minimum Gasteiger partial charge on any atom is -0.465 e. The molecule has 0 saturated heterocycles. The molecular formula is C44H93NO7P+. The van der Waals surface area contributed by atoms with E-state index >= 15 is 0 Å². The number of ether oxygens (including phenoxy) is 2. The van der Waals surface area contributed by atoms with E-state index in [0.29, 0.717) is 44.6 Å². The fraction of sp³-hybridized carbons (Fsp3) is 0.909. The van der Waals surface area contributed by atoms with Gasteiger partial charge in [0, 0.05) is 47.0 Å². The summed E-state index contributed by atoms with van der Waals surface area (Å²) in [5.41, 5.74) is -1.32. The highest BCUT2D eigenvalue weighted by atomic mass is 31.2. The molecule has 320 valence electrons. The topological polar surface area (TPSA) is 117 Å². The smallest absolute Gasteiger partial charge is 0.311 e. The van der Waals surface area contributed by atoms with Crippen molar-refractivity contribution in [2.45, 2.75) is 156 Å². The Bertz CT molecular complexity index is 1030. The monoisotopic (exact) mass is 779 g/mol. The third kappa shape index (κ3) is 30.8. The maximum absolute atomic E-state index is 12.8. The minimum atomic E-state index is -0.856. The van der Waals surface area contributed by atoms with Crippen LogP contribution in [0.25, 0.3) is 0 Å². The quantitative estimate of drug-likeness (QED) is 0.0636. The molecule has 0 bridgehead atoms. The molecule has 0 aromatic heterocycles. The van der Waals surface area contributed by atoms with Crippen molar-refractivity contribution in [1.82, 2.24) is 4.90 Å². The van der Waals surface area contributed by atoms with Crippen LogP contribution in [0.1, 0.15) is 150 Å². The van der Waals surface area contributed by atoms with E-state index in [9.17, 15) is 19.8 Å². The van der Waals surface area contributed by atoms with Crippen LogP contribution < -0.4 is 0 Å². The Kier molecular flexibility index (Phi) is 27.2. The maximum atomic E-state index is 12.8. The van der Waals surface area contributed by atoms with Crippen LogP contribution in [0.15, 0.2) is 12.2 Å². The van der Waals surface area contributed by atoms with Gasteiger partial charge in [-0.05, 0) is 110 Å². The first-order chi connectivity index (χ1) is 23.4. The molecule has 0 aliphatic heterocycles. The largest absolute Gasteiger partial charge is 0.465 e. The van der Waals surface area contributed by atoms with Crippen LogP contribution in [0.4, 0.5) is 0 Å². The summed E-state index contributed by atoms with van der Waals surface area (Å²) >= 11 is 0. The number of aliphatic hydroxyl groups is 3. The van der Waals surface area contributed by atoms with Crippen molar-refractivity contribution in [1.29, 1.82) is 0 Å². The van der Waals surface area contributed by atoms with Gasteiger partial charge >= 0.3 is 11.9 Å². The summed E-state index contributed by atoms with van der Waals surface area (Å²) in [7, 11) is 1.05. The number of carbonyl (C=O) groups is 2. The predicted molar refractivity (Wildman–Crippen MR) is 232 cm³/mol. The Labute approximate surface area is 331 Å². The summed E-state index contributed by atoms with van der Waals surface area (Å²) in [6.45, 7) is 48.9. The lowest BCUT2D eigenvalue weighted by Crippen LogP contribution is -2.44. The molecule has 0 heterocycles. The number of esters is 2. The number of nitrogens with zero attached hydrogens (tertiary/aromatic N) is 1. The highest BCUT2D eigenvalue weighted by Crippen LogP contribution is 2.53. The summed E-state index contributed by atoms with van der Waals surface area (Å²) < 4.78 is 11.1. The minimum absolute atomic E-state index is 0.0366. The Hall–Kier alpha value is -1.05. The SMILES string of the molecule is C=C(C)C.CC.CC(C)(CCC(C)(C)C[P+](C)(C)C)COC(=O)C(C)(C)CC(C)(C)C(C)(C)O.CN(CCO)CCOC(=O)C(C)(C)CC(C)(C)CO. The van der Waals surface area contributed by atoms with Gasteiger partial charge in [-0.3, -0.25) is 9.59 Å². The average molecular weight is 779 g/mol. The number of likely N-dealkylation sites (N-methyl/N-ethyl adjacent to an activating group) is 1. The molecule has 8 nitrogen and oxygen atoms in total. The van der Waals surface area contributed by atoms with Gasteiger partial charge in [0.15, 0.2) is 0 Å². The average Bonchev–Trinajstić information content (AvgIpc) is 2.93. The molecule has 9 heteroatoms. The fourth-order valence-electron chi connectivity index (χ4n) is 6.06. The molecule has 3 N–H and O–H groups in total. The lowest BCUT2D eigenvalue weighted by atomic mass is 9.67. The lowest BCUT2D eigenvalue weighted by Gasteiger charge is -2.42. The second-order valence-electron chi connectivity index (χ2n) is 21.1. The van der Waals surface area contributed by atoms with E-state index in [1.807, 2.05) is 95.0 Å². The molecular weight excluding hydrogens is 685 g/mol. The van der Waals surface area contributed by atoms with E-state index in [-0.39, 0.29) is 41.4 Å². The molecule has 0 aromatic carbocycles. The van der Waals surface area contributed by atoms with Gasteiger partial charge in [0.2, 0.25) is 0 Å². The first-order valence-electron chi connectivity index (χ1n) is 19.8. The van der Waals surface area contributed by atoms with Crippen molar-refractivity contribution in [2.24, 2.45) is 32.5 Å². The molecule has 0 radical (unpaired) electrons. The zero-order chi connectivity index (χ0) is 43.5. The second-order valence-corrected chi connectivity index (χ2v) is 26.0. The van der Waals surface area contributed by atoms with Crippen molar-refractivity contribution in [3.05, 3.63) is 12.2 Å². The van der Waals surface area contributed by atoms with E-state index < -0.39 is 23.7 Å². The van der Waals surface area contributed by atoms with Gasteiger partial charge < -0.3 is 29.7 Å². The Morgan fingerprint density at radius 1 is 0.679 bits per heavy atom. The predicted octanol–water partition coefficient (Wildman–Crippen LogP) is 9.98. The van der Waals surface area contributed by atoms with Gasteiger partial charge in [-0.15, -0.1) is 6.58 Å². The van der Waals surface area contributed by atoms with E-state index in [4.69, 9.17) is 14.6 Å². The highest BCUT2D eigenvalue weighted by Gasteiger charge is 2.44. The Morgan fingerprint density at radius 3 is 1.45 bits per heavy atom. The van der Waals surface area contributed by atoms with Crippen molar-refractivity contribution in [3.63, 3.8) is 0 Å². The van der Waals surface area contributed by atoms with E-state index in [1.165, 1.54) is 11.7 Å². The number of hydrogen-bond acceptors (Lipinski definition) is 8. The molecule has 0 amide bonds. The van der Waals surface area contributed by atoms with Crippen LogP contribution in [0.3, 0.4) is 0 Å². The van der Waals surface area contributed by atoms with Crippen LogP contribution in [0, 0.1) is 32.5 Å². The van der Waals surface area contributed by atoms with Crippen LogP contribution >= 0.6 is 7.26 Å². The van der Waals surface area contributed by atoms with Gasteiger partial charge in [0.1, 0.15) is 6.61 Å². The first kappa shape index (κ1) is 58.7. The number of allylic oxidation sites excluding steroid dienone is 1. The molecule has 0 saturated carbocycles. The normalized spacial score (nSPS) is 13.1. The van der Waals surface area contributed by atoms with Crippen molar-refractivity contribution < 1.29 is 34.4 Å². The molecule has 0 fully saturated rings. The van der Waals surface area contributed by atoms with E-state index in [2.05, 4.69) is 54.3 Å². The molecule has 0 rings (SSSR count). The molecule has 53 heavy (non-hydrogen) atoms. The Morgan fingerprint density at radius 2 is 1.08 bits per heavy atom. The van der Waals surface area contributed by atoms with Crippen LogP contribution in [-0.2, 0) is 19.1 Å². The zero-order valence-electron chi connectivity index (χ0n) is 39.4. The molecule has 0 aliphatic carbocycles. The van der Waals surface area contributed by atoms with Crippen LogP contribution in [0.2, 0.25) is 0 Å². The molecule has 0 unspecified atom stereocenters. The molecule has 0 spiro atoms. The van der Waals surface area contributed by atoms with Crippen LogP contribution in [0.5, 0.6) is 0 Å². The van der Waals surface area contributed by atoms with Gasteiger partial charge in [-0.25, -0.2) is 0 Å². The standard InChI is InChI=1S/C24H50O3P.C14H29NO4.C4H8.C2H6/c1-20(2,14-15-21(3,4)18-28(11,12)13)17-27-19(25)22(5,6)16-23(7,8)24(9,10)26;1-13(2,11-17)10-14(3,4)12(18)19-9-7-15(5)6-8-16;1-4(2)3;1-2/h26H,14-18H2,1-13H3;16-17H,6-11H2,1-5H3;1H2,2-3H3;1-2H3/q+1;;;. The van der Waals surface area contributed by atoms with E-state index in [0.717, 1.165) is 12.8 Å². The van der Waals surface area contributed by atoms with Gasteiger partial charge in [-0.1, -0.05) is 74.8 Å². The highest BCUT2D eigenvalue weighted by molar-refractivity contribution is 7.73. The summed E-state index contributed by atoms with van der Waals surface area (Å²) in [5.74, 6) is -0.413. The second kappa shape index (κ2) is 24.6. The lowest BCUT2D eigenvalue weighted by molar-refractivity contribution is -0.161. The maximum Gasteiger partial charge on any atom is 0.311 e. The number of carbonyl (C=O) groups excluding carboxylic acids is 2. The van der Waals surface area contributed by atoms with Crippen molar-refractivity contribution in [3.8, 4) is 0 Å². The number of rotatable bonds is 20. The van der Waals surface area contributed by atoms with Crippen molar-refractivity contribution >= 4 is 19.2 Å². The summed E-state index contributed by atoms with van der Waals surface area (Å²) in [6.07, 6.45) is 4.62. The number of hydrogen-bond donors (Lipinski definition) is 3. The molecule has 0 aliphatic rings. The molecule has 0 aromatic rings. The fourth-order valence-corrected chi connectivity index (χ4v) is 8.78. The third-order valence-electron chi connectivity index (χ3n) is 9.16. The number of aliphatic hydroxyl groups excluding tert-OH is 2. The van der Waals surface area contributed by atoms with Crippen LogP contribution in [-0.4, -0.2) is 110 Å². The first-order valence-corrected chi connectivity index (χ1v) is 23.1. The van der Waals surface area contributed by atoms with Gasteiger partial charge in [0.25, 0.3) is 0 Å².